The minimum Gasteiger partial charge on any atom is -0.435 e. The number of oxazole rings is 1. The van der Waals surface area contributed by atoms with E-state index in [1.807, 2.05) is 48.0 Å². The molecule has 0 saturated heterocycles. The van der Waals surface area contributed by atoms with Crippen LogP contribution >= 0.6 is 0 Å². The van der Waals surface area contributed by atoms with Gasteiger partial charge in [-0.05, 0) is 12.5 Å². The Labute approximate surface area is 140 Å². The van der Waals surface area contributed by atoms with E-state index in [1.165, 1.54) is 0 Å². The van der Waals surface area contributed by atoms with E-state index in [0.717, 1.165) is 5.56 Å². The van der Waals surface area contributed by atoms with Gasteiger partial charge in [-0.2, -0.15) is 0 Å². The van der Waals surface area contributed by atoms with E-state index in [2.05, 4.69) is 15.3 Å². The normalized spacial score (nSPS) is 12.1. The van der Waals surface area contributed by atoms with E-state index in [1.54, 1.807) is 19.4 Å². The number of nitrogens with zero attached hydrogens (tertiary/aromatic N) is 3. The number of benzene rings is 1. The van der Waals surface area contributed by atoms with Crippen molar-refractivity contribution in [1.82, 2.24) is 19.9 Å². The van der Waals surface area contributed by atoms with Crippen LogP contribution in [0.4, 0.5) is 0 Å². The maximum absolute atomic E-state index is 12.6. The summed E-state index contributed by atoms with van der Waals surface area (Å²) in [6.45, 7) is 4.31. The third-order valence-corrected chi connectivity index (χ3v) is 3.81. The first kappa shape index (κ1) is 16.0. The van der Waals surface area contributed by atoms with E-state index in [-0.39, 0.29) is 17.7 Å². The average molecular weight is 324 g/mol. The molecule has 0 fully saturated rings. The van der Waals surface area contributed by atoms with Crippen molar-refractivity contribution in [3.63, 3.8) is 0 Å². The molecule has 0 bridgehead atoms. The maximum atomic E-state index is 12.6. The molecule has 0 aliphatic carbocycles. The number of aromatic nitrogens is 3. The van der Waals surface area contributed by atoms with Crippen molar-refractivity contribution in [2.45, 2.75) is 32.9 Å². The Morgan fingerprint density at radius 1 is 1.33 bits per heavy atom. The van der Waals surface area contributed by atoms with Crippen LogP contribution in [-0.2, 0) is 13.0 Å². The summed E-state index contributed by atoms with van der Waals surface area (Å²) in [7, 11) is 0. The van der Waals surface area contributed by atoms with Gasteiger partial charge in [0, 0.05) is 25.4 Å². The fraction of sp³-hybridized carbons (Fsp3) is 0.278. The van der Waals surface area contributed by atoms with Gasteiger partial charge in [0.1, 0.15) is 0 Å². The standard InChI is InChI=1S/C18H20N4O2/c1-3-16-20-13(2)17(24-16)18(23)21-15(11-22-10-9-19-12-22)14-7-5-4-6-8-14/h4-10,12,15H,3,11H2,1-2H3,(H,21,23)/t15-/m0/s1. The molecular weight excluding hydrogens is 304 g/mol. The predicted molar refractivity (Wildman–Crippen MR) is 89.5 cm³/mol. The lowest BCUT2D eigenvalue weighted by Crippen LogP contribution is -2.31. The first-order chi connectivity index (χ1) is 11.7. The molecule has 1 N–H and O–H groups in total. The number of rotatable bonds is 6. The van der Waals surface area contributed by atoms with Gasteiger partial charge >= 0.3 is 0 Å². The molecule has 3 aromatic rings. The van der Waals surface area contributed by atoms with Gasteiger partial charge in [0.05, 0.1) is 18.1 Å². The summed E-state index contributed by atoms with van der Waals surface area (Å²) in [6, 6.07) is 9.66. The number of imidazole rings is 1. The van der Waals surface area contributed by atoms with Gasteiger partial charge in [0.15, 0.2) is 5.89 Å². The number of aryl methyl sites for hydroxylation is 2. The largest absolute Gasteiger partial charge is 0.435 e. The van der Waals surface area contributed by atoms with Crippen LogP contribution in [0.15, 0.2) is 53.5 Å². The molecule has 0 spiro atoms. The number of amides is 1. The number of carbonyl (C=O) groups excluding carboxylic acids is 1. The van der Waals surface area contributed by atoms with E-state index >= 15 is 0 Å². The molecule has 0 aliphatic rings. The highest BCUT2D eigenvalue weighted by Gasteiger charge is 2.21. The van der Waals surface area contributed by atoms with Crippen LogP contribution < -0.4 is 5.32 Å². The summed E-state index contributed by atoms with van der Waals surface area (Å²) in [5.41, 5.74) is 1.63. The predicted octanol–water partition coefficient (Wildman–Crippen LogP) is 2.91. The van der Waals surface area contributed by atoms with Gasteiger partial charge in [-0.25, -0.2) is 9.97 Å². The minimum atomic E-state index is -0.256. The third kappa shape index (κ3) is 3.53. The second kappa shape index (κ2) is 7.12. The summed E-state index contributed by atoms with van der Waals surface area (Å²) in [5, 5.41) is 3.04. The fourth-order valence-electron chi connectivity index (χ4n) is 2.56. The van der Waals surface area contributed by atoms with E-state index in [9.17, 15) is 4.79 Å². The number of hydrogen-bond donors (Lipinski definition) is 1. The van der Waals surface area contributed by atoms with Crippen LogP contribution in [0.25, 0.3) is 0 Å². The second-order valence-corrected chi connectivity index (χ2v) is 5.57. The van der Waals surface area contributed by atoms with Gasteiger partial charge in [0.25, 0.3) is 5.91 Å². The van der Waals surface area contributed by atoms with Crippen molar-refractivity contribution in [2.24, 2.45) is 0 Å². The highest BCUT2D eigenvalue weighted by atomic mass is 16.4. The van der Waals surface area contributed by atoms with Gasteiger partial charge in [-0.1, -0.05) is 37.3 Å². The number of hydrogen-bond acceptors (Lipinski definition) is 4. The van der Waals surface area contributed by atoms with Crippen molar-refractivity contribution < 1.29 is 9.21 Å². The van der Waals surface area contributed by atoms with Gasteiger partial charge in [-0.15, -0.1) is 0 Å². The van der Waals surface area contributed by atoms with Crippen molar-refractivity contribution in [2.75, 3.05) is 0 Å². The lowest BCUT2D eigenvalue weighted by Gasteiger charge is -2.19. The topological polar surface area (TPSA) is 73.0 Å². The first-order valence-electron chi connectivity index (χ1n) is 7.95. The summed E-state index contributed by atoms with van der Waals surface area (Å²) >= 11 is 0. The monoisotopic (exact) mass is 324 g/mol. The smallest absolute Gasteiger partial charge is 0.289 e. The molecule has 24 heavy (non-hydrogen) atoms. The Hall–Kier alpha value is -2.89. The molecule has 2 aromatic heterocycles. The van der Waals surface area contributed by atoms with Crippen molar-refractivity contribution in [3.05, 3.63) is 72.0 Å². The molecule has 6 nitrogen and oxygen atoms in total. The Morgan fingerprint density at radius 3 is 2.75 bits per heavy atom. The average Bonchev–Trinajstić information content (AvgIpc) is 3.24. The summed E-state index contributed by atoms with van der Waals surface area (Å²) < 4.78 is 7.49. The first-order valence-corrected chi connectivity index (χ1v) is 7.95. The molecule has 1 atom stereocenters. The molecule has 6 heteroatoms. The second-order valence-electron chi connectivity index (χ2n) is 5.57. The third-order valence-electron chi connectivity index (χ3n) is 3.81. The maximum Gasteiger partial charge on any atom is 0.289 e. The number of carbonyl (C=O) groups is 1. The van der Waals surface area contributed by atoms with E-state index in [4.69, 9.17) is 4.42 Å². The Morgan fingerprint density at radius 2 is 2.12 bits per heavy atom. The molecule has 3 rings (SSSR count). The molecule has 0 radical (unpaired) electrons. The molecule has 124 valence electrons. The Balaban J connectivity index is 1.83. The lowest BCUT2D eigenvalue weighted by molar-refractivity contribution is 0.0902. The Bertz CT molecular complexity index is 794. The molecule has 0 saturated carbocycles. The zero-order chi connectivity index (χ0) is 16.9. The highest BCUT2D eigenvalue weighted by Crippen LogP contribution is 2.17. The van der Waals surface area contributed by atoms with Crippen molar-refractivity contribution in [1.29, 1.82) is 0 Å². The van der Waals surface area contributed by atoms with Gasteiger partial charge in [-0.3, -0.25) is 4.79 Å². The van der Waals surface area contributed by atoms with Crippen LogP contribution in [0.5, 0.6) is 0 Å². The van der Waals surface area contributed by atoms with Crippen molar-refractivity contribution >= 4 is 5.91 Å². The van der Waals surface area contributed by atoms with Crippen LogP contribution in [0.3, 0.4) is 0 Å². The van der Waals surface area contributed by atoms with Gasteiger partial charge in [0.2, 0.25) is 5.76 Å². The molecule has 1 amide bonds. The summed E-state index contributed by atoms with van der Waals surface area (Å²) in [5.74, 6) is 0.593. The zero-order valence-corrected chi connectivity index (χ0v) is 13.8. The number of nitrogens with one attached hydrogen (secondary N) is 1. The molecule has 0 unspecified atom stereocenters. The molecule has 2 heterocycles. The SMILES string of the molecule is CCc1nc(C)c(C(=O)N[C@@H](Cn2ccnc2)c2ccccc2)o1. The lowest BCUT2D eigenvalue weighted by atomic mass is 10.1. The summed E-state index contributed by atoms with van der Waals surface area (Å²) in [4.78, 5) is 21.0. The highest BCUT2D eigenvalue weighted by molar-refractivity contribution is 5.92. The molecule has 0 aliphatic heterocycles. The summed E-state index contributed by atoms with van der Waals surface area (Å²) in [6.07, 6.45) is 5.98. The van der Waals surface area contributed by atoms with E-state index in [0.29, 0.717) is 24.6 Å². The van der Waals surface area contributed by atoms with Crippen LogP contribution in [0, 0.1) is 6.92 Å². The van der Waals surface area contributed by atoms with Crippen molar-refractivity contribution in [3.8, 4) is 0 Å². The molecular formula is C18H20N4O2. The molecule has 1 aromatic carbocycles. The van der Waals surface area contributed by atoms with E-state index < -0.39 is 0 Å². The van der Waals surface area contributed by atoms with Crippen LogP contribution in [0.2, 0.25) is 0 Å². The van der Waals surface area contributed by atoms with Crippen LogP contribution in [-0.4, -0.2) is 20.4 Å². The fourth-order valence-corrected chi connectivity index (χ4v) is 2.56. The van der Waals surface area contributed by atoms with Crippen LogP contribution in [0.1, 0.15) is 40.7 Å². The zero-order valence-electron chi connectivity index (χ0n) is 13.8. The Kier molecular flexibility index (Phi) is 4.74. The quantitative estimate of drug-likeness (QED) is 0.756. The van der Waals surface area contributed by atoms with Gasteiger partial charge < -0.3 is 14.3 Å². The minimum absolute atomic E-state index is 0.192.